The number of hydrogen-bond acceptors (Lipinski definition) is 0. The number of rotatable bonds is 4. The summed E-state index contributed by atoms with van der Waals surface area (Å²) in [5, 5.41) is 1.62. The number of hydrogen-bond donors (Lipinski definition) is 0. The van der Waals surface area contributed by atoms with Gasteiger partial charge in [-0.25, -0.2) is 0 Å². The summed E-state index contributed by atoms with van der Waals surface area (Å²) in [6.07, 6.45) is 7.20. The molecular weight excluding hydrogens is 220 g/mol. The average Bonchev–Trinajstić information content (AvgIpc) is 2.80. The SMILES string of the molecule is CC[Si](CC)(c1ccccc1)C1C=CC(C)=C1. The molecule has 1 aliphatic carbocycles. The summed E-state index contributed by atoms with van der Waals surface area (Å²) in [6, 6.07) is 13.8. The van der Waals surface area contributed by atoms with Crippen LogP contribution in [0.1, 0.15) is 20.8 Å². The lowest BCUT2D eigenvalue weighted by atomic mass is 10.3. The summed E-state index contributed by atoms with van der Waals surface area (Å²) < 4.78 is 0. The van der Waals surface area contributed by atoms with Gasteiger partial charge < -0.3 is 0 Å². The molecule has 2 rings (SSSR count). The molecular formula is C16H22Si. The molecule has 1 heteroatoms. The normalized spacial score (nSPS) is 19.5. The number of benzene rings is 1. The van der Waals surface area contributed by atoms with Crippen LogP contribution in [0.15, 0.2) is 54.1 Å². The Hall–Kier alpha value is -1.08. The molecule has 0 aromatic heterocycles. The van der Waals surface area contributed by atoms with Crippen molar-refractivity contribution in [1.29, 1.82) is 0 Å². The van der Waals surface area contributed by atoms with Crippen LogP contribution in [-0.4, -0.2) is 8.07 Å². The van der Waals surface area contributed by atoms with E-state index in [4.69, 9.17) is 0 Å². The molecule has 0 bridgehead atoms. The minimum absolute atomic E-state index is 0.694. The van der Waals surface area contributed by atoms with Crippen LogP contribution in [0.4, 0.5) is 0 Å². The maximum Gasteiger partial charge on any atom is 0.0966 e. The van der Waals surface area contributed by atoms with E-state index in [9.17, 15) is 0 Å². The third-order valence-corrected chi connectivity index (χ3v) is 9.90. The molecule has 1 aromatic carbocycles. The Kier molecular flexibility index (Phi) is 3.68. The van der Waals surface area contributed by atoms with Crippen molar-refractivity contribution in [2.75, 3.05) is 0 Å². The molecule has 17 heavy (non-hydrogen) atoms. The zero-order valence-electron chi connectivity index (χ0n) is 11.1. The van der Waals surface area contributed by atoms with E-state index in [0.29, 0.717) is 5.54 Å². The summed E-state index contributed by atoms with van der Waals surface area (Å²) in [5.74, 6) is 0. The first kappa shape index (κ1) is 12.4. The lowest BCUT2D eigenvalue weighted by molar-refractivity contribution is 1.16. The second-order valence-corrected chi connectivity index (χ2v) is 10.00. The first-order chi connectivity index (χ1) is 8.23. The lowest BCUT2D eigenvalue weighted by Gasteiger charge is -2.34. The van der Waals surface area contributed by atoms with E-state index in [1.54, 1.807) is 5.19 Å². The number of allylic oxidation sites excluding steroid dienone is 4. The highest BCUT2D eigenvalue weighted by molar-refractivity contribution is 6.93. The van der Waals surface area contributed by atoms with Crippen LogP contribution >= 0.6 is 0 Å². The van der Waals surface area contributed by atoms with E-state index in [1.165, 1.54) is 17.7 Å². The third-order valence-electron chi connectivity index (χ3n) is 4.26. The maximum atomic E-state index is 2.48. The van der Waals surface area contributed by atoms with Gasteiger partial charge in [0.1, 0.15) is 0 Å². The monoisotopic (exact) mass is 242 g/mol. The first-order valence-corrected chi connectivity index (χ1v) is 9.14. The first-order valence-electron chi connectivity index (χ1n) is 6.65. The minimum Gasteiger partial charge on any atom is -0.0797 e. The van der Waals surface area contributed by atoms with Crippen molar-refractivity contribution >= 4 is 13.3 Å². The summed E-state index contributed by atoms with van der Waals surface area (Å²) in [7, 11) is -1.39. The summed E-state index contributed by atoms with van der Waals surface area (Å²) in [5.41, 5.74) is 2.13. The molecule has 1 atom stereocenters. The Labute approximate surface area is 106 Å². The maximum absolute atomic E-state index is 2.48. The fourth-order valence-corrected chi connectivity index (χ4v) is 7.63. The lowest BCUT2D eigenvalue weighted by Crippen LogP contribution is -2.49. The fourth-order valence-electron chi connectivity index (χ4n) is 3.09. The van der Waals surface area contributed by atoms with Gasteiger partial charge in [-0.1, -0.05) is 85.3 Å². The molecule has 0 spiro atoms. The minimum atomic E-state index is -1.39. The summed E-state index contributed by atoms with van der Waals surface area (Å²) in [6.45, 7) is 6.96. The van der Waals surface area contributed by atoms with Crippen LogP contribution in [0.5, 0.6) is 0 Å². The van der Waals surface area contributed by atoms with Crippen LogP contribution in [0.3, 0.4) is 0 Å². The van der Waals surface area contributed by atoms with Crippen LogP contribution < -0.4 is 5.19 Å². The Morgan fingerprint density at radius 2 is 1.71 bits per heavy atom. The molecule has 1 aromatic rings. The second kappa shape index (κ2) is 5.05. The zero-order valence-corrected chi connectivity index (χ0v) is 12.1. The van der Waals surface area contributed by atoms with Gasteiger partial charge in [-0.05, 0) is 12.5 Å². The molecule has 0 N–H and O–H groups in total. The van der Waals surface area contributed by atoms with Crippen LogP contribution in [0.25, 0.3) is 0 Å². The summed E-state index contributed by atoms with van der Waals surface area (Å²) in [4.78, 5) is 0. The molecule has 0 fully saturated rings. The van der Waals surface area contributed by atoms with Crippen molar-refractivity contribution in [3.05, 3.63) is 54.1 Å². The van der Waals surface area contributed by atoms with Gasteiger partial charge in [0, 0.05) is 0 Å². The van der Waals surface area contributed by atoms with Gasteiger partial charge in [0.05, 0.1) is 8.07 Å². The molecule has 1 unspecified atom stereocenters. The van der Waals surface area contributed by atoms with E-state index in [1.807, 2.05) is 0 Å². The van der Waals surface area contributed by atoms with E-state index in [-0.39, 0.29) is 0 Å². The van der Waals surface area contributed by atoms with Crippen molar-refractivity contribution < 1.29 is 0 Å². The van der Waals surface area contributed by atoms with Gasteiger partial charge in [-0.3, -0.25) is 0 Å². The third kappa shape index (κ3) is 2.16. The van der Waals surface area contributed by atoms with Crippen molar-refractivity contribution in [3.8, 4) is 0 Å². The zero-order chi connectivity index (χ0) is 12.3. The van der Waals surface area contributed by atoms with E-state index >= 15 is 0 Å². The molecule has 0 nitrogen and oxygen atoms in total. The molecule has 0 heterocycles. The van der Waals surface area contributed by atoms with Gasteiger partial charge in [0.25, 0.3) is 0 Å². The topological polar surface area (TPSA) is 0 Å². The van der Waals surface area contributed by atoms with Gasteiger partial charge in [0.15, 0.2) is 0 Å². The van der Waals surface area contributed by atoms with Crippen molar-refractivity contribution in [2.24, 2.45) is 0 Å². The van der Waals surface area contributed by atoms with E-state index < -0.39 is 8.07 Å². The molecule has 1 aliphatic rings. The van der Waals surface area contributed by atoms with Crippen molar-refractivity contribution in [1.82, 2.24) is 0 Å². The predicted octanol–water partition coefficient (Wildman–Crippen LogP) is 4.27. The van der Waals surface area contributed by atoms with E-state index in [0.717, 1.165) is 0 Å². The average molecular weight is 242 g/mol. The highest BCUT2D eigenvalue weighted by Crippen LogP contribution is 2.36. The molecule has 0 amide bonds. The standard InChI is InChI=1S/C16H22Si/c1-4-17(5-2,15-9-7-6-8-10-15)16-12-11-14(3)13-16/h6-13,16H,4-5H2,1-3H3. The van der Waals surface area contributed by atoms with Crippen LogP contribution in [0.2, 0.25) is 17.6 Å². The van der Waals surface area contributed by atoms with Gasteiger partial charge in [-0.15, -0.1) is 0 Å². The predicted molar refractivity (Wildman–Crippen MR) is 79.4 cm³/mol. The fraction of sp³-hybridized carbons (Fsp3) is 0.375. The molecule has 0 saturated heterocycles. The van der Waals surface area contributed by atoms with Gasteiger partial charge in [0.2, 0.25) is 0 Å². The highest BCUT2D eigenvalue weighted by atomic mass is 28.3. The van der Waals surface area contributed by atoms with Crippen LogP contribution in [0, 0.1) is 0 Å². The Bertz CT molecular complexity index is 424. The molecule has 0 aliphatic heterocycles. The van der Waals surface area contributed by atoms with E-state index in [2.05, 4.69) is 69.3 Å². The quantitative estimate of drug-likeness (QED) is 0.692. The Morgan fingerprint density at radius 3 is 2.18 bits per heavy atom. The van der Waals surface area contributed by atoms with Gasteiger partial charge in [-0.2, -0.15) is 0 Å². The van der Waals surface area contributed by atoms with Gasteiger partial charge >= 0.3 is 0 Å². The smallest absolute Gasteiger partial charge is 0.0797 e. The Balaban J connectivity index is 2.43. The molecule has 0 saturated carbocycles. The van der Waals surface area contributed by atoms with Crippen LogP contribution in [-0.2, 0) is 0 Å². The van der Waals surface area contributed by atoms with Crippen molar-refractivity contribution in [2.45, 2.75) is 38.4 Å². The molecule has 0 radical (unpaired) electrons. The largest absolute Gasteiger partial charge is 0.0966 e. The summed E-state index contributed by atoms with van der Waals surface area (Å²) >= 11 is 0. The second-order valence-electron chi connectivity index (χ2n) is 5.02. The van der Waals surface area contributed by atoms with Crippen molar-refractivity contribution in [3.63, 3.8) is 0 Å². The molecule has 90 valence electrons. The Morgan fingerprint density at radius 1 is 1.06 bits per heavy atom. The highest BCUT2D eigenvalue weighted by Gasteiger charge is 2.38.